The predicted molar refractivity (Wildman–Crippen MR) is 101 cm³/mol. The third kappa shape index (κ3) is 3.38. The van der Waals surface area contributed by atoms with Gasteiger partial charge in [-0.3, -0.25) is 9.36 Å². The molecular formula is C18H11Cl2FN4O3. The molecule has 0 unspecified atom stereocenters. The van der Waals surface area contributed by atoms with Gasteiger partial charge in [0, 0.05) is 5.56 Å². The van der Waals surface area contributed by atoms with Gasteiger partial charge >= 0.3 is 5.69 Å². The first-order valence-corrected chi connectivity index (χ1v) is 8.58. The molecule has 0 spiro atoms. The van der Waals surface area contributed by atoms with Crippen molar-refractivity contribution in [1.82, 2.24) is 9.13 Å². The second-order valence-electron chi connectivity index (χ2n) is 5.89. The zero-order valence-corrected chi connectivity index (χ0v) is 15.8. The Labute approximate surface area is 167 Å². The predicted octanol–water partition coefficient (Wildman–Crippen LogP) is 2.58. The topological polar surface area (TPSA) is 94.7 Å². The molecule has 0 atom stereocenters. The molecule has 1 aromatic carbocycles. The lowest BCUT2D eigenvalue weighted by Crippen LogP contribution is -2.41. The maximum absolute atomic E-state index is 13.5. The SMILES string of the molecule is Cc1cc(-n2c(=O)c(-c3ccc(F)c(Cl)c3)c(Cl)n(CC#N)c2=O)c[n+]([O-])c1. The van der Waals surface area contributed by atoms with E-state index >= 15 is 0 Å². The minimum absolute atomic E-state index is 0.00261. The van der Waals surface area contributed by atoms with Gasteiger partial charge in [-0.1, -0.05) is 29.3 Å². The number of hydrogen-bond donors (Lipinski definition) is 0. The molecule has 0 aliphatic heterocycles. The zero-order valence-electron chi connectivity index (χ0n) is 14.3. The van der Waals surface area contributed by atoms with E-state index in [1.54, 1.807) is 13.0 Å². The highest BCUT2D eigenvalue weighted by atomic mass is 35.5. The van der Waals surface area contributed by atoms with Gasteiger partial charge in [0.05, 0.1) is 16.7 Å². The summed E-state index contributed by atoms with van der Waals surface area (Å²) in [7, 11) is 0. The molecule has 0 N–H and O–H groups in total. The largest absolute Gasteiger partial charge is 0.619 e. The van der Waals surface area contributed by atoms with Crippen molar-refractivity contribution in [2.24, 2.45) is 0 Å². The molecule has 0 fully saturated rings. The molecule has 3 rings (SSSR count). The molecule has 28 heavy (non-hydrogen) atoms. The van der Waals surface area contributed by atoms with Gasteiger partial charge in [-0.05, 0) is 30.7 Å². The Bertz CT molecular complexity index is 1240. The van der Waals surface area contributed by atoms with E-state index in [0.717, 1.165) is 21.4 Å². The first kappa shape index (κ1) is 19.6. The summed E-state index contributed by atoms with van der Waals surface area (Å²) in [6.07, 6.45) is 2.31. The average molecular weight is 421 g/mol. The summed E-state index contributed by atoms with van der Waals surface area (Å²) in [6.45, 7) is 1.18. The molecule has 142 valence electrons. The van der Waals surface area contributed by atoms with Crippen LogP contribution in [0.2, 0.25) is 10.2 Å². The number of aromatic nitrogens is 3. The zero-order chi connectivity index (χ0) is 20.6. The van der Waals surface area contributed by atoms with Crippen LogP contribution in [0, 0.1) is 29.3 Å². The summed E-state index contributed by atoms with van der Waals surface area (Å²) in [6, 6.07) is 6.78. The van der Waals surface area contributed by atoms with Gasteiger partial charge in [-0.2, -0.15) is 9.99 Å². The van der Waals surface area contributed by atoms with E-state index in [9.17, 15) is 19.2 Å². The monoisotopic (exact) mass is 420 g/mol. The Morgan fingerprint density at radius 2 is 1.96 bits per heavy atom. The standard InChI is InChI=1S/C18H11Cl2FN4O3/c1-10-6-12(9-23(28)8-10)25-17(26)15(11-2-3-14(21)13(19)7-11)16(20)24(5-4-22)18(25)27/h2-3,6-9H,5H2,1H3. The second kappa shape index (κ2) is 7.46. The first-order chi connectivity index (χ1) is 13.2. The maximum Gasteiger partial charge on any atom is 0.337 e. The highest BCUT2D eigenvalue weighted by molar-refractivity contribution is 6.33. The molecule has 0 radical (unpaired) electrons. The number of nitriles is 1. The minimum Gasteiger partial charge on any atom is -0.619 e. The highest BCUT2D eigenvalue weighted by Crippen LogP contribution is 2.27. The van der Waals surface area contributed by atoms with Gasteiger partial charge in [0.15, 0.2) is 6.20 Å². The number of nitrogens with zero attached hydrogens (tertiary/aromatic N) is 4. The van der Waals surface area contributed by atoms with Crippen molar-refractivity contribution in [1.29, 1.82) is 5.26 Å². The summed E-state index contributed by atoms with van der Waals surface area (Å²) in [4.78, 5) is 25.9. The summed E-state index contributed by atoms with van der Waals surface area (Å²) in [5.74, 6) is -0.696. The minimum atomic E-state index is -0.890. The Morgan fingerprint density at radius 1 is 1.25 bits per heavy atom. The van der Waals surface area contributed by atoms with E-state index in [-0.39, 0.29) is 27.0 Å². The molecule has 0 aliphatic carbocycles. The van der Waals surface area contributed by atoms with Gasteiger partial charge in [0.1, 0.15) is 23.2 Å². The van der Waals surface area contributed by atoms with E-state index in [1.807, 2.05) is 0 Å². The van der Waals surface area contributed by atoms with Crippen LogP contribution in [-0.2, 0) is 6.54 Å². The van der Waals surface area contributed by atoms with Crippen molar-refractivity contribution in [2.45, 2.75) is 13.5 Å². The van der Waals surface area contributed by atoms with Gasteiger partial charge in [-0.15, -0.1) is 0 Å². The van der Waals surface area contributed by atoms with Crippen molar-refractivity contribution in [3.8, 4) is 22.9 Å². The number of aryl methyl sites for hydroxylation is 1. The molecule has 10 heteroatoms. The third-order valence-corrected chi connectivity index (χ3v) is 4.63. The van der Waals surface area contributed by atoms with Crippen LogP contribution in [-0.4, -0.2) is 9.13 Å². The van der Waals surface area contributed by atoms with E-state index in [0.29, 0.717) is 10.3 Å². The number of halogens is 3. The number of hydrogen-bond acceptors (Lipinski definition) is 4. The lowest BCUT2D eigenvalue weighted by Gasteiger charge is -2.14. The molecule has 0 aliphatic rings. The van der Waals surface area contributed by atoms with E-state index < -0.39 is 23.6 Å². The summed E-state index contributed by atoms with van der Waals surface area (Å²) in [5, 5.41) is 20.3. The second-order valence-corrected chi connectivity index (χ2v) is 6.66. The van der Waals surface area contributed by atoms with Gasteiger partial charge in [0.25, 0.3) is 5.56 Å². The van der Waals surface area contributed by atoms with E-state index in [1.165, 1.54) is 24.4 Å². The molecule has 2 heterocycles. The maximum atomic E-state index is 13.5. The summed E-state index contributed by atoms with van der Waals surface area (Å²) >= 11 is 12.0. The Morgan fingerprint density at radius 3 is 2.57 bits per heavy atom. The van der Waals surface area contributed by atoms with Crippen LogP contribution in [0.1, 0.15) is 5.56 Å². The summed E-state index contributed by atoms with van der Waals surface area (Å²) < 4.78 is 15.6. The van der Waals surface area contributed by atoms with Gasteiger partial charge in [-0.25, -0.2) is 13.8 Å². The molecule has 0 bridgehead atoms. The number of benzene rings is 1. The molecule has 2 aromatic heterocycles. The van der Waals surface area contributed by atoms with Gasteiger partial charge < -0.3 is 5.21 Å². The first-order valence-electron chi connectivity index (χ1n) is 7.83. The molecule has 7 nitrogen and oxygen atoms in total. The highest BCUT2D eigenvalue weighted by Gasteiger charge is 2.22. The van der Waals surface area contributed by atoms with Crippen molar-refractivity contribution < 1.29 is 9.12 Å². The van der Waals surface area contributed by atoms with E-state index in [2.05, 4.69) is 0 Å². The third-order valence-electron chi connectivity index (χ3n) is 3.94. The van der Waals surface area contributed by atoms with Crippen LogP contribution in [0.4, 0.5) is 4.39 Å². The average Bonchev–Trinajstić information content (AvgIpc) is 2.61. The van der Waals surface area contributed by atoms with Crippen molar-refractivity contribution in [3.05, 3.63) is 84.3 Å². The van der Waals surface area contributed by atoms with Crippen LogP contribution < -0.4 is 16.0 Å². The number of rotatable bonds is 3. The Kier molecular flexibility index (Phi) is 5.23. The molecular weight excluding hydrogens is 410 g/mol. The molecule has 0 saturated carbocycles. The fraction of sp³-hybridized carbons (Fsp3) is 0.111. The van der Waals surface area contributed by atoms with Crippen molar-refractivity contribution >= 4 is 23.2 Å². The Hall–Kier alpha value is -3.15. The number of pyridine rings is 1. The lowest BCUT2D eigenvalue weighted by molar-refractivity contribution is -0.605. The Balaban J connectivity index is 2.46. The van der Waals surface area contributed by atoms with Crippen molar-refractivity contribution in [3.63, 3.8) is 0 Å². The van der Waals surface area contributed by atoms with Crippen molar-refractivity contribution in [2.75, 3.05) is 0 Å². The fourth-order valence-electron chi connectivity index (χ4n) is 2.75. The van der Waals surface area contributed by atoms with Crippen LogP contribution in [0.15, 0.2) is 46.2 Å². The van der Waals surface area contributed by atoms with Crippen LogP contribution in [0.25, 0.3) is 16.8 Å². The normalized spacial score (nSPS) is 10.7. The molecule has 3 aromatic rings. The van der Waals surface area contributed by atoms with Crippen LogP contribution in [0.5, 0.6) is 0 Å². The lowest BCUT2D eigenvalue weighted by atomic mass is 10.1. The molecule has 0 amide bonds. The van der Waals surface area contributed by atoms with Crippen LogP contribution >= 0.6 is 23.2 Å². The summed E-state index contributed by atoms with van der Waals surface area (Å²) in [5.41, 5.74) is -1.21. The smallest absolute Gasteiger partial charge is 0.337 e. The van der Waals surface area contributed by atoms with Crippen LogP contribution in [0.3, 0.4) is 0 Å². The fourth-order valence-corrected chi connectivity index (χ4v) is 3.26. The molecule has 0 saturated heterocycles. The van der Waals surface area contributed by atoms with E-state index in [4.69, 9.17) is 28.5 Å². The van der Waals surface area contributed by atoms with Gasteiger partial charge in [0.2, 0.25) is 6.20 Å². The quantitative estimate of drug-likeness (QED) is 0.369.